The van der Waals surface area contributed by atoms with Crippen molar-refractivity contribution in [3.05, 3.63) is 45.2 Å². The number of carbonyl (C=O) groups is 2. The number of fused-ring (bicyclic) bond motifs is 1. The van der Waals surface area contributed by atoms with Gasteiger partial charge in [-0.25, -0.2) is 4.98 Å². The average molecular weight is 386 g/mol. The van der Waals surface area contributed by atoms with E-state index in [-0.39, 0.29) is 35.2 Å². The minimum Gasteiger partial charge on any atom is -0.325 e. The van der Waals surface area contributed by atoms with Crippen LogP contribution in [0.25, 0.3) is 0 Å². The van der Waals surface area contributed by atoms with Gasteiger partial charge in [0.1, 0.15) is 5.82 Å². The summed E-state index contributed by atoms with van der Waals surface area (Å²) in [5, 5.41) is 5.90. The smallest absolute Gasteiger partial charge is 0.257 e. The van der Waals surface area contributed by atoms with Crippen molar-refractivity contribution in [3.8, 4) is 0 Å². The lowest BCUT2D eigenvalue weighted by Gasteiger charge is -2.23. The number of aromatic nitrogens is 2. The number of nitrogens with zero attached hydrogens (tertiary/aromatic N) is 1. The van der Waals surface area contributed by atoms with Crippen molar-refractivity contribution in [1.82, 2.24) is 9.97 Å². The monoisotopic (exact) mass is 386 g/mol. The van der Waals surface area contributed by atoms with E-state index in [1.165, 1.54) is 11.8 Å². The minimum absolute atomic E-state index is 0.0873. The summed E-state index contributed by atoms with van der Waals surface area (Å²) in [4.78, 5) is 44.6. The van der Waals surface area contributed by atoms with Gasteiger partial charge in [-0.3, -0.25) is 14.4 Å². The molecule has 1 aliphatic heterocycles. The standard InChI is InChI=1S/C19H22N4O3S/c1-4-7-27-19-22-16-15(18(26)23-19)12(9-14(24)21-16)17(25)20-13-6-5-10(2)8-11(13)3/h5-6,8,12H,4,7,9H2,1-3H3,(H,20,25)(H2,21,22,23,24,26)/t12-/m0/s1. The number of hydrogen-bond donors (Lipinski definition) is 3. The molecule has 1 aromatic heterocycles. The van der Waals surface area contributed by atoms with Crippen molar-refractivity contribution in [2.75, 3.05) is 16.4 Å². The molecule has 0 saturated heterocycles. The van der Waals surface area contributed by atoms with Crippen LogP contribution < -0.4 is 16.2 Å². The fourth-order valence-corrected chi connectivity index (χ4v) is 3.73. The topological polar surface area (TPSA) is 104 Å². The Kier molecular flexibility index (Phi) is 5.65. The first-order valence-corrected chi connectivity index (χ1v) is 9.82. The Bertz CT molecular complexity index is 954. The summed E-state index contributed by atoms with van der Waals surface area (Å²) < 4.78 is 0. The molecule has 0 radical (unpaired) electrons. The molecule has 1 aliphatic rings. The minimum atomic E-state index is -0.879. The van der Waals surface area contributed by atoms with Crippen LogP contribution in [0, 0.1) is 13.8 Å². The van der Waals surface area contributed by atoms with E-state index in [4.69, 9.17) is 0 Å². The van der Waals surface area contributed by atoms with Crippen LogP contribution in [0.4, 0.5) is 11.5 Å². The second-order valence-corrected chi connectivity index (χ2v) is 7.68. The highest BCUT2D eigenvalue weighted by Crippen LogP contribution is 2.30. The highest BCUT2D eigenvalue weighted by molar-refractivity contribution is 7.99. The van der Waals surface area contributed by atoms with Crippen LogP contribution in [0.3, 0.4) is 0 Å². The lowest BCUT2D eigenvalue weighted by Crippen LogP contribution is -2.36. The van der Waals surface area contributed by atoms with Gasteiger partial charge >= 0.3 is 0 Å². The third kappa shape index (κ3) is 4.21. The Labute approximate surface area is 161 Å². The van der Waals surface area contributed by atoms with E-state index in [2.05, 4.69) is 20.6 Å². The first-order valence-electron chi connectivity index (χ1n) is 8.84. The number of amides is 2. The normalized spacial score (nSPS) is 15.8. The maximum absolute atomic E-state index is 12.8. The van der Waals surface area contributed by atoms with Gasteiger partial charge in [-0.2, -0.15) is 0 Å². The zero-order chi connectivity index (χ0) is 19.6. The molecule has 3 rings (SSSR count). The average Bonchev–Trinajstić information content (AvgIpc) is 2.61. The van der Waals surface area contributed by atoms with Gasteiger partial charge in [0.2, 0.25) is 11.8 Å². The molecule has 1 atom stereocenters. The van der Waals surface area contributed by atoms with Crippen molar-refractivity contribution in [2.45, 2.75) is 44.7 Å². The van der Waals surface area contributed by atoms with Crippen molar-refractivity contribution in [3.63, 3.8) is 0 Å². The molecule has 0 fully saturated rings. The largest absolute Gasteiger partial charge is 0.325 e. The Hall–Kier alpha value is -2.61. The van der Waals surface area contributed by atoms with Gasteiger partial charge in [0.15, 0.2) is 5.16 Å². The molecule has 0 saturated carbocycles. The lowest BCUT2D eigenvalue weighted by atomic mass is 9.92. The summed E-state index contributed by atoms with van der Waals surface area (Å²) >= 11 is 1.41. The number of thioether (sulfide) groups is 1. The van der Waals surface area contributed by atoms with Crippen molar-refractivity contribution in [2.24, 2.45) is 0 Å². The van der Waals surface area contributed by atoms with Gasteiger partial charge in [-0.05, 0) is 31.9 Å². The second-order valence-electron chi connectivity index (χ2n) is 6.59. The highest BCUT2D eigenvalue weighted by Gasteiger charge is 2.34. The van der Waals surface area contributed by atoms with Crippen molar-refractivity contribution in [1.29, 1.82) is 0 Å². The molecule has 0 unspecified atom stereocenters. The summed E-state index contributed by atoms with van der Waals surface area (Å²) in [7, 11) is 0. The molecule has 3 N–H and O–H groups in total. The summed E-state index contributed by atoms with van der Waals surface area (Å²) in [6, 6.07) is 5.68. The molecule has 1 aromatic carbocycles. The van der Waals surface area contributed by atoms with Gasteiger partial charge in [-0.1, -0.05) is 36.4 Å². The van der Waals surface area contributed by atoms with Crippen LogP contribution in [0.15, 0.2) is 28.2 Å². The van der Waals surface area contributed by atoms with Crippen LogP contribution in [0.1, 0.15) is 42.4 Å². The Morgan fingerprint density at radius 3 is 2.81 bits per heavy atom. The zero-order valence-electron chi connectivity index (χ0n) is 15.5. The number of anilines is 2. The van der Waals surface area contributed by atoms with E-state index in [0.717, 1.165) is 23.3 Å². The zero-order valence-corrected chi connectivity index (χ0v) is 16.3. The molecular formula is C19H22N4O3S. The van der Waals surface area contributed by atoms with Crippen LogP contribution >= 0.6 is 11.8 Å². The molecule has 2 amide bonds. The van der Waals surface area contributed by atoms with Crippen LogP contribution in [-0.2, 0) is 9.59 Å². The number of aromatic amines is 1. The van der Waals surface area contributed by atoms with Gasteiger partial charge in [0.05, 0.1) is 11.5 Å². The summed E-state index contributed by atoms with van der Waals surface area (Å²) in [5.74, 6) is -0.621. The predicted octanol–water partition coefficient (Wildman–Crippen LogP) is 2.95. The Morgan fingerprint density at radius 2 is 2.11 bits per heavy atom. The maximum Gasteiger partial charge on any atom is 0.257 e. The summed E-state index contributed by atoms with van der Waals surface area (Å²) in [6.45, 7) is 5.90. The van der Waals surface area contributed by atoms with Gasteiger partial charge in [-0.15, -0.1) is 0 Å². The van der Waals surface area contributed by atoms with E-state index < -0.39 is 5.92 Å². The Balaban J connectivity index is 1.92. The maximum atomic E-state index is 12.8. The molecule has 8 heteroatoms. The number of aryl methyl sites for hydroxylation is 2. The first-order chi connectivity index (χ1) is 12.9. The predicted molar refractivity (Wildman–Crippen MR) is 106 cm³/mol. The van der Waals surface area contributed by atoms with Gasteiger partial charge in [0.25, 0.3) is 5.56 Å². The van der Waals surface area contributed by atoms with Crippen molar-refractivity contribution < 1.29 is 9.59 Å². The third-order valence-electron chi connectivity index (χ3n) is 4.33. The number of nitrogens with one attached hydrogen (secondary N) is 3. The van der Waals surface area contributed by atoms with Crippen LogP contribution in [-0.4, -0.2) is 27.5 Å². The van der Waals surface area contributed by atoms with Crippen LogP contribution in [0.2, 0.25) is 0 Å². The van der Waals surface area contributed by atoms with E-state index in [0.29, 0.717) is 10.8 Å². The molecule has 0 aliphatic carbocycles. The van der Waals surface area contributed by atoms with Gasteiger partial charge in [0, 0.05) is 17.9 Å². The molecule has 0 spiro atoms. The van der Waals surface area contributed by atoms with E-state index in [1.54, 1.807) is 0 Å². The second kappa shape index (κ2) is 7.96. The molecule has 2 heterocycles. The molecule has 7 nitrogen and oxygen atoms in total. The lowest BCUT2D eigenvalue weighted by molar-refractivity contribution is -0.123. The molecule has 27 heavy (non-hydrogen) atoms. The number of hydrogen-bond acceptors (Lipinski definition) is 5. The van der Waals surface area contributed by atoms with E-state index in [1.807, 2.05) is 39.0 Å². The fourth-order valence-electron chi connectivity index (χ4n) is 3.02. The molecule has 142 valence electrons. The fraction of sp³-hybridized carbons (Fsp3) is 0.368. The number of rotatable bonds is 5. The summed E-state index contributed by atoms with van der Waals surface area (Å²) in [6.07, 6.45) is 0.842. The molecule has 2 aromatic rings. The SMILES string of the molecule is CCCSc1nc2c(c(=O)[nH]1)[C@@H](C(=O)Nc1ccc(C)cc1C)CC(=O)N2. The quantitative estimate of drug-likeness (QED) is 0.541. The molecule has 0 bridgehead atoms. The van der Waals surface area contributed by atoms with E-state index in [9.17, 15) is 14.4 Å². The first kappa shape index (κ1) is 19.2. The Morgan fingerprint density at radius 1 is 1.33 bits per heavy atom. The highest BCUT2D eigenvalue weighted by atomic mass is 32.2. The van der Waals surface area contributed by atoms with Crippen molar-refractivity contribution >= 4 is 35.1 Å². The number of H-pyrrole nitrogens is 1. The summed E-state index contributed by atoms with van der Waals surface area (Å²) in [5.41, 5.74) is 2.49. The van der Waals surface area contributed by atoms with Gasteiger partial charge < -0.3 is 15.6 Å². The molecular weight excluding hydrogens is 364 g/mol. The number of benzene rings is 1. The number of carbonyl (C=O) groups excluding carboxylic acids is 2. The van der Waals surface area contributed by atoms with Crippen LogP contribution in [0.5, 0.6) is 0 Å². The third-order valence-corrected chi connectivity index (χ3v) is 5.41. The van der Waals surface area contributed by atoms with E-state index >= 15 is 0 Å².